The van der Waals surface area contributed by atoms with Crippen molar-refractivity contribution >= 4 is 5.78 Å². The first-order valence-electron chi connectivity index (χ1n) is 9.36. The maximum atomic E-state index is 12.3. The number of aryl methyl sites for hydroxylation is 2. The highest BCUT2D eigenvalue weighted by molar-refractivity contribution is 5.97. The van der Waals surface area contributed by atoms with Gasteiger partial charge in [0.1, 0.15) is 0 Å². The molecule has 0 heterocycles. The highest BCUT2D eigenvalue weighted by atomic mass is 16.1. The van der Waals surface area contributed by atoms with E-state index in [-0.39, 0.29) is 5.78 Å². The van der Waals surface area contributed by atoms with E-state index in [1.807, 2.05) is 31.2 Å². The van der Waals surface area contributed by atoms with Crippen LogP contribution in [0.25, 0.3) is 0 Å². The van der Waals surface area contributed by atoms with Crippen LogP contribution in [0.5, 0.6) is 0 Å². The Hall–Kier alpha value is -1.89. The Kier molecular flexibility index (Phi) is 7.74. The molecule has 128 valence electrons. The lowest BCUT2D eigenvalue weighted by Crippen LogP contribution is -2.03. The lowest BCUT2D eigenvalue weighted by atomic mass is 9.99. The van der Waals surface area contributed by atoms with Crippen LogP contribution in [0.1, 0.15) is 72.5 Å². The molecule has 0 aliphatic heterocycles. The summed E-state index contributed by atoms with van der Waals surface area (Å²) in [6, 6.07) is 16.4. The summed E-state index contributed by atoms with van der Waals surface area (Å²) in [5.74, 6) is 0.193. The second-order valence-electron chi connectivity index (χ2n) is 6.80. The van der Waals surface area contributed by atoms with Crippen LogP contribution in [0.15, 0.2) is 48.5 Å². The molecule has 0 aliphatic carbocycles. The predicted molar refractivity (Wildman–Crippen MR) is 103 cm³/mol. The first-order chi connectivity index (χ1) is 11.7. The second kappa shape index (κ2) is 10.1. The van der Waals surface area contributed by atoms with Gasteiger partial charge in [-0.25, -0.2) is 0 Å². The van der Waals surface area contributed by atoms with Crippen LogP contribution in [0, 0.1) is 6.92 Å². The van der Waals surface area contributed by atoms with Gasteiger partial charge in [-0.3, -0.25) is 4.79 Å². The molecule has 0 aromatic heterocycles. The van der Waals surface area contributed by atoms with Crippen LogP contribution in [-0.4, -0.2) is 5.78 Å². The van der Waals surface area contributed by atoms with Gasteiger partial charge in [-0.2, -0.15) is 0 Å². The molecular formula is C23H30O. The van der Waals surface area contributed by atoms with Gasteiger partial charge in [0.15, 0.2) is 5.78 Å². The van der Waals surface area contributed by atoms with E-state index in [0.29, 0.717) is 6.42 Å². The number of benzene rings is 2. The molecule has 2 rings (SSSR count). The van der Waals surface area contributed by atoms with Crippen LogP contribution >= 0.6 is 0 Å². The van der Waals surface area contributed by atoms with Crippen molar-refractivity contribution in [3.63, 3.8) is 0 Å². The maximum Gasteiger partial charge on any atom is 0.167 e. The number of rotatable bonds is 10. The quantitative estimate of drug-likeness (QED) is 0.369. The number of hydrogen-bond donors (Lipinski definition) is 0. The van der Waals surface area contributed by atoms with Gasteiger partial charge in [-0.05, 0) is 30.9 Å². The monoisotopic (exact) mass is 322 g/mol. The van der Waals surface area contributed by atoms with E-state index in [0.717, 1.165) is 17.5 Å². The van der Waals surface area contributed by atoms with Crippen molar-refractivity contribution in [1.29, 1.82) is 0 Å². The standard InChI is InChI=1S/C23H30O/c1-3-4-5-6-7-8-9-20-12-14-21(15-13-20)18-23(24)22-16-10-19(2)11-17-22/h10-17H,3-9,18H2,1-2H3. The lowest BCUT2D eigenvalue weighted by molar-refractivity contribution is 0.0993. The fourth-order valence-corrected chi connectivity index (χ4v) is 2.96. The van der Waals surface area contributed by atoms with E-state index < -0.39 is 0 Å². The third-order valence-electron chi connectivity index (χ3n) is 4.58. The molecule has 2 aromatic rings. The van der Waals surface area contributed by atoms with Crippen molar-refractivity contribution in [1.82, 2.24) is 0 Å². The van der Waals surface area contributed by atoms with Crippen molar-refractivity contribution in [3.8, 4) is 0 Å². The summed E-state index contributed by atoms with van der Waals surface area (Å²) < 4.78 is 0. The Morgan fingerprint density at radius 2 is 1.33 bits per heavy atom. The molecule has 1 heteroatoms. The summed E-state index contributed by atoms with van der Waals surface area (Å²) in [4.78, 5) is 12.3. The number of Topliss-reactive ketones (excluding diaryl/α,β-unsaturated/α-hetero) is 1. The largest absolute Gasteiger partial charge is 0.294 e. The van der Waals surface area contributed by atoms with Crippen molar-refractivity contribution in [2.24, 2.45) is 0 Å². The minimum absolute atomic E-state index is 0.193. The van der Waals surface area contributed by atoms with Gasteiger partial charge < -0.3 is 0 Å². The molecule has 0 N–H and O–H groups in total. The van der Waals surface area contributed by atoms with Crippen LogP contribution in [0.4, 0.5) is 0 Å². The van der Waals surface area contributed by atoms with Crippen molar-refractivity contribution < 1.29 is 4.79 Å². The van der Waals surface area contributed by atoms with E-state index in [2.05, 4.69) is 31.2 Å². The fourth-order valence-electron chi connectivity index (χ4n) is 2.96. The number of hydrogen-bond acceptors (Lipinski definition) is 1. The Bertz CT molecular complexity index is 607. The molecule has 0 unspecified atom stereocenters. The third kappa shape index (κ3) is 6.31. The molecular weight excluding hydrogens is 292 g/mol. The van der Waals surface area contributed by atoms with Gasteiger partial charge in [-0.15, -0.1) is 0 Å². The van der Waals surface area contributed by atoms with Gasteiger partial charge >= 0.3 is 0 Å². The van der Waals surface area contributed by atoms with Crippen molar-refractivity contribution in [2.75, 3.05) is 0 Å². The number of ketones is 1. The summed E-state index contributed by atoms with van der Waals surface area (Å²) in [6.07, 6.45) is 9.64. The van der Waals surface area contributed by atoms with E-state index >= 15 is 0 Å². The minimum atomic E-state index is 0.193. The summed E-state index contributed by atoms with van der Waals surface area (Å²) in [5.41, 5.74) is 4.48. The Labute approximate surface area is 147 Å². The zero-order valence-electron chi connectivity index (χ0n) is 15.2. The molecule has 24 heavy (non-hydrogen) atoms. The topological polar surface area (TPSA) is 17.1 Å². The molecule has 0 saturated carbocycles. The summed E-state index contributed by atoms with van der Waals surface area (Å²) in [7, 11) is 0. The van der Waals surface area contributed by atoms with Gasteiger partial charge in [0.2, 0.25) is 0 Å². The van der Waals surface area contributed by atoms with Gasteiger partial charge in [0.25, 0.3) is 0 Å². The molecule has 0 radical (unpaired) electrons. The molecule has 0 saturated heterocycles. The molecule has 0 spiro atoms. The molecule has 0 aliphatic rings. The van der Waals surface area contributed by atoms with E-state index in [4.69, 9.17) is 0 Å². The average Bonchev–Trinajstić information content (AvgIpc) is 2.60. The molecule has 0 bridgehead atoms. The van der Waals surface area contributed by atoms with E-state index in [1.165, 1.54) is 49.7 Å². The van der Waals surface area contributed by atoms with Crippen LogP contribution in [0.3, 0.4) is 0 Å². The van der Waals surface area contributed by atoms with E-state index in [9.17, 15) is 4.79 Å². The second-order valence-corrected chi connectivity index (χ2v) is 6.80. The van der Waals surface area contributed by atoms with Crippen molar-refractivity contribution in [3.05, 3.63) is 70.8 Å². The van der Waals surface area contributed by atoms with Gasteiger partial charge in [-0.1, -0.05) is 93.1 Å². The van der Waals surface area contributed by atoms with Gasteiger partial charge in [0.05, 0.1) is 0 Å². The minimum Gasteiger partial charge on any atom is -0.294 e. The number of unbranched alkanes of at least 4 members (excludes halogenated alkanes) is 5. The Balaban J connectivity index is 1.77. The third-order valence-corrected chi connectivity index (χ3v) is 4.58. The van der Waals surface area contributed by atoms with Crippen molar-refractivity contribution in [2.45, 2.75) is 65.2 Å². The van der Waals surface area contributed by atoms with Crippen LogP contribution < -0.4 is 0 Å². The normalized spacial score (nSPS) is 10.8. The molecule has 0 atom stereocenters. The number of carbonyl (C=O) groups is 1. The summed E-state index contributed by atoms with van der Waals surface area (Å²) in [5, 5.41) is 0. The molecule has 0 amide bonds. The molecule has 1 nitrogen and oxygen atoms in total. The number of carbonyl (C=O) groups excluding carboxylic acids is 1. The van der Waals surface area contributed by atoms with Crippen LogP contribution in [0.2, 0.25) is 0 Å². The fraction of sp³-hybridized carbons (Fsp3) is 0.435. The lowest BCUT2D eigenvalue weighted by Gasteiger charge is -2.05. The summed E-state index contributed by atoms with van der Waals surface area (Å²) in [6.45, 7) is 4.29. The maximum absolute atomic E-state index is 12.3. The average molecular weight is 322 g/mol. The molecule has 0 fully saturated rings. The van der Waals surface area contributed by atoms with Crippen LogP contribution in [-0.2, 0) is 12.8 Å². The zero-order valence-corrected chi connectivity index (χ0v) is 15.2. The smallest absolute Gasteiger partial charge is 0.167 e. The predicted octanol–water partition coefficient (Wildman–Crippen LogP) is 6.32. The summed E-state index contributed by atoms with van der Waals surface area (Å²) >= 11 is 0. The van der Waals surface area contributed by atoms with Gasteiger partial charge in [0, 0.05) is 12.0 Å². The first kappa shape index (κ1) is 18.4. The highest BCUT2D eigenvalue weighted by Gasteiger charge is 2.06. The first-order valence-corrected chi connectivity index (χ1v) is 9.36. The Morgan fingerprint density at radius 3 is 2.00 bits per heavy atom. The molecule has 2 aromatic carbocycles. The Morgan fingerprint density at radius 1 is 0.750 bits per heavy atom. The zero-order chi connectivity index (χ0) is 17.2. The highest BCUT2D eigenvalue weighted by Crippen LogP contribution is 2.13. The SMILES string of the molecule is CCCCCCCCc1ccc(CC(=O)c2ccc(C)cc2)cc1. The van der Waals surface area contributed by atoms with E-state index in [1.54, 1.807) is 0 Å².